The quantitative estimate of drug-likeness (QED) is 0.588. The SMILES string of the molecule is C1=COC2(C1)CC1CCC(C2)N1. The van der Waals surface area contributed by atoms with Gasteiger partial charge in [-0.25, -0.2) is 0 Å². The van der Waals surface area contributed by atoms with E-state index in [1.54, 1.807) is 0 Å². The fourth-order valence-electron chi connectivity index (χ4n) is 2.97. The van der Waals surface area contributed by atoms with Crippen LogP contribution in [0.4, 0.5) is 0 Å². The minimum absolute atomic E-state index is 0.205. The van der Waals surface area contributed by atoms with Crippen LogP contribution in [0.1, 0.15) is 32.1 Å². The summed E-state index contributed by atoms with van der Waals surface area (Å²) in [5, 5.41) is 3.63. The number of nitrogens with one attached hydrogen (secondary N) is 1. The van der Waals surface area contributed by atoms with Gasteiger partial charge in [-0.2, -0.15) is 0 Å². The molecule has 12 heavy (non-hydrogen) atoms. The molecule has 0 aliphatic carbocycles. The maximum atomic E-state index is 5.74. The van der Waals surface area contributed by atoms with Crippen LogP contribution in [0, 0.1) is 0 Å². The predicted octanol–water partition coefficient (Wildman–Crippen LogP) is 1.57. The van der Waals surface area contributed by atoms with E-state index in [0.29, 0.717) is 0 Å². The molecule has 2 saturated heterocycles. The zero-order valence-electron chi connectivity index (χ0n) is 7.25. The molecule has 1 spiro atoms. The Morgan fingerprint density at radius 1 is 1.25 bits per heavy atom. The molecule has 0 saturated carbocycles. The molecule has 2 atom stereocenters. The molecule has 0 amide bonds. The highest BCUT2D eigenvalue weighted by molar-refractivity contribution is 5.07. The summed E-state index contributed by atoms with van der Waals surface area (Å²) >= 11 is 0. The number of hydrogen-bond donors (Lipinski definition) is 1. The third kappa shape index (κ3) is 0.908. The van der Waals surface area contributed by atoms with Crippen molar-refractivity contribution in [3.8, 4) is 0 Å². The molecule has 3 heterocycles. The van der Waals surface area contributed by atoms with Crippen LogP contribution in [0.2, 0.25) is 0 Å². The largest absolute Gasteiger partial charge is 0.495 e. The van der Waals surface area contributed by atoms with Crippen molar-refractivity contribution in [2.45, 2.75) is 49.8 Å². The Labute approximate surface area is 73.0 Å². The summed E-state index contributed by atoms with van der Waals surface area (Å²) in [4.78, 5) is 0. The zero-order chi connectivity index (χ0) is 8.02. The van der Waals surface area contributed by atoms with Gasteiger partial charge >= 0.3 is 0 Å². The van der Waals surface area contributed by atoms with E-state index in [1.807, 2.05) is 6.26 Å². The van der Waals surface area contributed by atoms with Gasteiger partial charge in [0.15, 0.2) is 0 Å². The molecule has 0 radical (unpaired) electrons. The van der Waals surface area contributed by atoms with Crippen molar-refractivity contribution in [3.63, 3.8) is 0 Å². The van der Waals surface area contributed by atoms with Crippen molar-refractivity contribution >= 4 is 0 Å². The highest BCUT2D eigenvalue weighted by Gasteiger charge is 2.45. The van der Waals surface area contributed by atoms with Crippen molar-refractivity contribution in [1.82, 2.24) is 5.32 Å². The fourth-order valence-corrected chi connectivity index (χ4v) is 2.97. The molecule has 2 nitrogen and oxygen atoms in total. The van der Waals surface area contributed by atoms with E-state index >= 15 is 0 Å². The van der Waals surface area contributed by atoms with E-state index in [4.69, 9.17) is 4.74 Å². The van der Waals surface area contributed by atoms with Crippen molar-refractivity contribution in [2.24, 2.45) is 0 Å². The molecule has 2 bridgehead atoms. The lowest BCUT2D eigenvalue weighted by Crippen LogP contribution is -2.48. The molecule has 1 N–H and O–H groups in total. The average Bonchev–Trinajstić information content (AvgIpc) is 2.60. The Kier molecular flexibility index (Phi) is 1.31. The topological polar surface area (TPSA) is 21.3 Å². The molecule has 2 unspecified atom stereocenters. The standard InChI is InChI=1S/C10H15NO/c1-4-10(12-5-1)6-8-2-3-9(7-10)11-8/h1,5,8-9,11H,2-4,6-7H2. The summed E-state index contributed by atoms with van der Waals surface area (Å²) in [6, 6.07) is 1.48. The molecular formula is C10H15NO. The first-order valence-electron chi connectivity index (χ1n) is 4.95. The summed E-state index contributed by atoms with van der Waals surface area (Å²) in [6.07, 6.45) is 10.4. The predicted molar refractivity (Wildman–Crippen MR) is 46.8 cm³/mol. The van der Waals surface area contributed by atoms with Gasteiger partial charge in [-0.15, -0.1) is 0 Å². The summed E-state index contributed by atoms with van der Waals surface area (Å²) in [5.74, 6) is 0. The minimum atomic E-state index is 0.205. The molecule has 3 aliphatic heterocycles. The first-order chi connectivity index (χ1) is 5.86. The number of ether oxygens (including phenoxy) is 1. The normalized spacial score (nSPS) is 50.0. The van der Waals surface area contributed by atoms with Gasteiger partial charge in [0.05, 0.1) is 6.26 Å². The smallest absolute Gasteiger partial charge is 0.115 e. The lowest BCUT2D eigenvalue weighted by Gasteiger charge is -2.37. The number of hydrogen-bond acceptors (Lipinski definition) is 2. The van der Waals surface area contributed by atoms with Gasteiger partial charge in [0.2, 0.25) is 0 Å². The van der Waals surface area contributed by atoms with Crippen LogP contribution in [-0.2, 0) is 4.74 Å². The summed E-state index contributed by atoms with van der Waals surface area (Å²) in [5.41, 5.74) is 0.205. The third-order valence-corrected chi connectivity index (χ3v) is 3.48. The molecule has 3 aliphatic rings. The van der Waals surface area contributed by atoms with Gasteiger partial charge in [-0.1, -0.05) is 0 Å². The Hall–Kier alpha value is -0.500. The van der Waals surface area contributed by atoms with Gasteiger partial charge in [0.25, 0.3) is 0 Å². The summed E-state index contributed by atoms with van der Waals surface area (Å²) < 4.78 is 5.74. The Bertz CT molecular complexity index is 202. The monoisotopic (exact) mass is 165 g/mol. The Balaban J connectivity index is 1.81. The van der Waals surface area contributed by atoms with E-state index in [-0.39, 0.29) is 5.60 Å². The molecule has 2 fully saturated rings. The highest BCUT2D eigenvalue weighted by Crippen LogP contribution is 2.41. The molecule has 3 rings (SSSR count). The van der Waals surface area contributed by atoms with E-state index < -0.39 is 0 Å². The van der Waals surface area contributed by atoms with Crippen LogP contribution in [0.15, 0.2) is 12.3 Å². The maximum absolute atomic E-state index is 5.74. The van der Waals surface area contributed by atoms with Gasteiger partial charge in [0.1, 0.15) is 5.60 Å². The second-order valence-electron chi connectivity index (χ2n) is 4.42. The van der Waals surface area contributed by atoms with Gasteiger partial charge in [0, 0.05) is 31.3 Å². The van der Waals surface area contributed by atoms with Gasteiger partial charge in [-0.3, -0.25) is 0 Å². The van der Waals surface area contributed by atoms with Crippen molar-refractivity contribution < 1.29 is 4.74 Å². The van der Waals surface area contributed by atoms with Crippen LogP contribution >= 0.6 is 0 Å². The van der Waals surface area contributed by atoms with Crippen LogP contribution in [-0.4, -0.2) is 17.7 Å². The highest BCUT2D eigenvalue weighted by atomic mass is 16.5. The molecule has 0 aromatic carbocycles. The molecule has 2 heteroatoms. The van der Waals surface area contributed by atoms with Crippen LogP contribution in [0.5, 0.6) is 0 Å². The lowest BCUT2D eigenvalue weighted by atomic mass is 9.85. The Morgan fingerprint density at radius 2 is 2.00 bits per heavy atom. The zero-order valence-corrected chi connectivity index (χ0v) is 7.25. The van der Waals surface area contributed by atoms with E-state index in [9.17, 15) is 0 Å². The van der Waals surface area contributed by atoms with Crippen molar-refractivity contribution in [1.29, 1.82) is 0 Å². The number of piperidine rings is 1. The third-order valence-electron chi connectivity index (χ3n) is 3.48. The maximum Gasteiger partial charge on any atom is 0.115 e. The van der Waals surface area contributed by atoms with Crippen molar-refractivity contribution in [2.75, 3.05) is 0 Å². The van der Waals surface area contributed by atoms with E-state index in [2.05, 4.69) is 11.4 Å². The molecular weight excluding hydrogens is 150 g/mol. The fraction of sp³-hybridized carbons (Fsp3) is 0.800. The van der Waals surface area contributed by atoms with Gasteiger partial charge in [-0.05, 0) is 18.9 Å². The Morgan fingerprint density at radius 3 is 2.58 bits per heavy atom. The first kappa shape index (κ1) is 6.96. The van der Waals surface area contributed by atoms with Crippen molar-refractivity contribution in [3.05, 3.63) is 12.3 Å². The second-order valence-corrected chi connectivity index (χ2v) is 4.42. The van der Waals surface area contributed by atoms with E-state index in [0.717, 1.165) is 18.5 Å². The second kappa shape index (κ2) is 2.25. The van der Waals surface area contributed by atoms with Crippen LogP contribution < -0.4 is 5.32 Å². The first-order valence-corrected chi connectivity index (χ1v) is 4.95. The van der Waals surface area contributed by atoms with Gasteiger partial charge < -0.3 is 10.1 Å². The number of rotatable bonds is 0. The average molecular weight is 165 g/mol. The van der Waals surface area contributed by atoms with Crippen LogP contribution in [0.25, 0.3) is 0 Å². The summed E-state index contributed by atoms with van der Waals surface area (Å²) in [6.45, 7) is 0. The van der Waals surface area contributed by atoms with Crippen LogP contribution in [0.3, 0.4) is 0 Å². The van der Waals surface area contributed by atoms with E-state index in [1.165, 1.54) is 25.7 Å². The molecule has 0 aromatic rings. The number of fused-ring (bicyclic) bond motifs is 2. The lowest BCUT2D eigenvalue weighted by molar-refractivity contribution is -0.000765. The molecule has 0 aromatic heterocycles. The minimum Gasteiger partial charge on any atom is -0.495 e. The summed E-state index contributed by atoms with van der Waals surface area (Å²) in [7, 11) is 0. The molecule has 66 valence electrons.